The van der Waals surface area contributed by atoms with Crippen molar-refractivity contribution >= 4 is 34.2 Å². The standard InChI is InChI=1S/C12H13IN2O3/c1-3-8-4-7(12(16)17)5-10-14-11(13)9(6-18-2)15(8)10/h4-5H,3,6H2,1-2H3,(H,16,17). The van der Waals surface area contributed by atoms with Gasteiger partial charge in [0.05, 0.1) is 17.9 Å². The van der Waals surface area contributed by atoms with Gasteiger partial charge in [0.1, 0.15) is 9.35 Å². The van der Waals surface area contributed by atoms with Crippen LogP contribution in [0.5, 0.6) is 0 Å². The minimum atomic E-state index is -0.932. The Morgan fingerprint density at radius 2 is 2.28 bits per heavy atom. The number of methoxy groups -OCH3 is 1. The second kappa shape index (κ2) is 5.23. The largest absolute Gasteiger partial charge is 0.478 e. The number of nitrogens with zero attached hydrogens (tertiary/aromatic N) is 2. The van der Waals surface area contributed by atoms with Crippen molar-refractivity contribution in [2.45, 2.75) is 20.0 Å². The zero-order valence-electron chi connectivity index (χ0n) is 10.1. The van der Waals surface area contributed by atoms with Crippen LogP contribution in [0.25, 0.3) is 5.65 Å². The van der Waals surface area contributed by atoms with Gasteiger partial charge in [0.25, 0.3) is 0 Å². The maximum Gasteiger partial charge on any atom is 0.335 e. The minimum Gasteiger partial charge on any atom is -0.478 e. The quantitative estimate of drug-likeness (QED) is 0.851. The Bertz CT molecular complexity index is 607. The molecule has 0 amide bonds. The summed E-state index contributed by atoms with van der Waals surface area (Å²) in [5, 5.41) is 9.08. The molecule has 0 saturated heterocycles. The van der Waals surface area contributed by atoms with E-state index in [-0.39, 0.29) is 5.56 Å². The molecule has 1 N–H and O–H groups in total. The summed E-state index contributed by atoms with van der Waals surface area (Å²) in [7, 11) is 1.63. The maximum atomic E-state index is 11.1. The monoisotopic (exact) mass is 360 g/mol. The molecule has 0 aliphatic heterocycles. The van der Waals surface area contributed by atoms with Crippen molar-refractivity contribution in [1.29, 1.82) is 0 Å². The van der Waals surface area contributed by atoms with Crippen molar-refractivity contribution in [3.63, 3.8) is 0 Å². The summed E-state index contributed by atoms with van der Waals surface area (Å²) in [4.78, 5) is 15.5. The van der Waals surface area contributed by atoms with Crippen LogP contribution in [-0.4, -0.2) is 27.6 Å². The van der Waals surface area contributed by atoms with Crippen molar-refractivity contribution < 1.29 is 14.6 Å². The van der Waals surface area contributed by atoms with E-state index in [1.54, 1.807) is 19.2 Å². The molecule has 6 heteroatoms. The number of carbonyl (C=O) groups is 1. The third-order valence-electron chi connectivity index (χ3n) is 2.73. The van der Waals surface area contributed by atoms with Crippen LogP contribution >= 0.6 is 22.6 Å². The van der Waals surface area contributed by atoms with Crippen LogP contribution in [0.3, 0.4) is 0 Å². The molecule has 5 nitrogen and oxygen atoms in total. The highest BCUT2D eigenvalue weighted by Gasteiger charge is 2.15. The van der Waals surface area contributed by atoms with E-state index in [1.165, 1.54) is 0 Å². The first kappa shape index (κ1) is 13.3. The van der Waals surface area contributed by atoms with Gasteiger partial charge in [-0.3, -0.25) is 4.40 Å². The van der Waals surface area contributed by atoms with Gasteiger partial charge in [-0.2, -0.15) is 0 Å². The van der Waals surface area contributed by atoms with E-state index in [1.807, 2.05) is 11.3 Å². The van der Waals surface area contributed by atoms with Gasteiger partial charge in [0.15, 0.2) is 0 Å². The van der Waals surface area contributed by atoms with Gasteiger partial charge in [0, 0.05) is 12.8 Å². The summed E-state index contributed by atoms with van der Waals surface area (Å²) in [6.07, 6.45) is 0.737. The number of aromatic carboxylic acids is 1. The number of halogens is 1. The summed E-state index contributed by atoms with van der Waals surface area (Å²) in [6.45, 7) is 2.45. The second-order valence-electron chi connectivity index (χ2n) is 3.87. The van der Waals surface area contributed by atoms with Gasteiger partial charge in [-0.1, -0.05) is 6.92 Å². The highest BCUT2D eigenvalue weighted by atomic mass is 127. The van der Waals surface area contributed by atoms with Crippen molar-refractivity contribution in [1.82, 2.24) is 9.38 Å². The zero-order valence-corrected chi connectivity index (χ0v) is 12.3. The predicted octanol–water partition coefficient (Wildman–Crippen LogP) is 2.35. The Balaban J connectivity index is 2.75. The SMILES string of the molecule is CCc1cc(C(=O)O)cc2nc(I)c(COC)n12. The summed E-state index contributed by atoms with van der Waals surface area (Å²) in [5.74, 6) is -0.932. The van der Waals surface area contributed by atoms with E-state index in [0.29, 0.717) is 12.3 Å². The average Bonchev–Trinajstić information content (AvgIpc) is 2.65. The summed E-state index contributed by atoms with van der Waals surface area (Å²) >= 11 is 2.14. The lowest BCUT2D eigenvalue weighted by atomic mass is 10.2. The Labute approximate surface area is 118 Å². The molecule has 0 aliphatic carbocycles. The van der Waals surface area contributed by atoms with E-state index in [0.717, 1.165) is 21.5 Å². The van der Waals surface area contributed by atoms with Crippen LogP contribution < -0.4 is 0 Å². The number of aromatic nitrogens is 2. The second-order valence-corrected chi connectivity index (χ2v) is 4.89. The third-order valence-corrected chi connectivity index (χ3v) is 3.60. The molecule has 96 valence electrons. The molecule has 18 heavy (non-hydrogen) atoms. The number of pyridine rings is 1. The van der Waals surface area contributed by atoms with E-state index in [2.05, 4.69) is 27.6 Å². The van der Waals surface area contributed by atoms with Gasteiger partial charge in [-0.15, -0.1) is 0 Å². The van der Waals surface area contributed by atoms with E-state index in [4.69, 9.17) is 9.84 Å². The number of fused-ring (bicyclic) bond motifs is 1. The molecule has 0 bridgehead atoms. The Morgan fingerprint density at radius 1 is 1.56 bits per heavy atom. The topological polar surface area (TPSA) is 63.8 Å². The summed E-state index contributed by atoms with van der Waals surface area (Å²) < 4.78 is 7.98. The molecule has 0 radical (unpaired) electrons. The normalized spacial score (nSPS) is 11.1. The molecule has 2 rings (SSSR count). The van der Waals surface area contributed by atoms with Crippen LogP contribution in [0.4, 0.5) is 0 Å². The third kappa shape index (κ3) is 2.22. The smallest absolute Gasteiger partial charge is 0.335 e. The molecule has 2 aromatic rings. The first-order chi connectivity index (χ1) is 8.58. The molecular weight excluding hydrogens is 347 g/mol. The molecular formula is C12H13IN2O3. The Morgan fingerprint density at radius 3 is 2.83 bits per heavy atom. The zero-order chi connectivity index (χ0) is 13.3. The van der Waals surface area contributed by atoms with Gasteiger partial charge >= 0.3 is 5.97 Å². The van der Waals surface area contributed by atoms with E-state index >= 15 is 0 Å². The molecule has 0 atom stereocenters. The van der Waals surface area contributed by atoms with Crippen LogP contribution in [0.1, 0.15) is 28.7 Å². The van der Waals surface area contributed by atoms with Crippen molar-refractivity contribution in [3.8, 4) is 0 Å². The van der Waals surface area contributed by atoms with E-state index in [9.17, 15) is 4.79 Å². The lowest BCUT2D eigenvalue weighted by molar-refractivity contribution is 0.0696. The van der Waals surface area contributed by atoms with Gasteiger partial charge in [-0.05, 0) is 41.1 Å². The molecule has 0 saturated carbocycles. The fourth-order valence-electron chi connectivity index (χ4n) is 1.93. The highest BCUT2D eigenvalue weighted by molar-refractivity contribution is 14.1. The number of carboxylic acid groups (broad SMARTS) is 1. The van der Waals surface area contributed by atoms with Gasteiger partial charge < -0.3 is 9.84 Å². The number of hydrogen-bond donors (Lipinski definition) is 1. The van der Waals surface area contributed by atoms with Gasteiger partial charge in [-0.25, -0.2) is 9.78 Å². The lowest BCUT2D eigenvalue weighted by Gasteiger charge is -2.08. The Hall–Kier alpha value is -1.15. The van der Waals surface area contributed by atoms with Crippen LogP contribution in [0, 0.1) is 3.70 Å². The first-order valence-corrected chi connectivity index (χ1v) is 6.58. The molecule has 0 aliphatic rings. The number of aryl methyl sites for hydroxylation is 1. The van der Waals surface area contributed by atoms with Crippen LogP contribution in [-0.2, 0) is 17.8 Å². The van der Waals surface area contributed by atoms with Gasteiger partial charge in [0.2, 0.25) is 0 Å². The number of carboxylic acids is 1. The summed E-state index contributed by atoms with van der Waals surface area (Å²) in [5.41, 5.74) is 2.81. The van der Waals surface area contributed by atoms with Crippen molar-refractivity contribution in [2.75, 3.05) is 7.11 Å². The molecule has 0 fully saturated rings. The number of hydrogen-bond acceptors (Lipinski definition) is 3. The van der Waals surface area contributed by atoms with Crippen molar-refractivity contribution in [2.24, 2.45) is 0 Å². The molecule has 0 aromatic carbocycles. The minimum absolute atomic E-state index is 0.268. The first-order valence-electron chi connectivity index (χ1n) is 5.50. The summed E-state index contributed by atoms with van der Waals surface area (Å²) in [6, 6.07) is 3.27. The number of imidazole rings is 1. The number of rotatable bonds is 4. The van der Waals surface area contributed by atoms with Crippen LogP contribution in [0.2, 0.25) is 0 Å². The number of ether oxygens (including phenoxy) is 1. The Kier molecular flexibility index (Phi) is 3.86. The molecule has 2 aromatic heterocycles. The van der Waals surface area contributed by atoms with E-state index < -0.39 is 5.97 Å². The maximum absolute atomic E-state index is 11.1. The predicted molar refractivity (Wildman–Crippen MR) is 75.0 cm³/mol. The molecule has 0 unspecified atom stereocenters. The van der Waals surface area contributed by atoms with Crippen LogP contribution in [0.15, 0.2) is 12.1 Å². The average molecular weight is 360 g/mol. The fourth-order valence-corrected chi connectivity index (χ4v) is 2.58. The molecule has 2 heterocycles. The lowest BCUT2D eigenvalue weighted by Crippen LogP contribution is -2.06. The fraction of sp³-hybridized carbons (Fsp3) is 0.333. The molecule has 0 spiro atoms. The highest BCUT2D eigenvalue weighted by Crippen LogP contribution is 2.20. The van der Waals surface area contributed by atoms with Crippen molar-refractivity contribution in [3.05, 3.63) is 32.8 Å².